The summed E-state index contributed by atoms with van der Waals surface area (Å²) in [6.07, 6.45) is 0.910. The highest BCUT2D eigenvalue weighted by molar-refractivity contribution is 6.00. The Morgan fingerprint density at radius 2 is 1.78 bits per heavy atom. The smallest absolute Gasteiger partial charge is 0.338 e. The first-order chi connectivity index (χ1) is 12.8. The fraction of sp³-hybridized carbons (Fsp3) is 0.350. The van der Waals surface area contributed by atoms with Crippen molar-refractivity contribution >= 4 is 17.7 Å². The van der Waals surface area contributed by atoms with Crippen molar-refractivity contribution in [3.63, 3.8) is 0 Å². The minimum Gasteiger partial charge on any atom is -0.508 e. The average molecular weight is 373 g/mol. The normalized spacial score (nSPS) is 10.5. The number of aromatic nitrogens is 1. The zero-order chi connectivity index (χ0) is 20.0. The second kappa shape index (κ2) is 9.02. The Balaban J connectivity index is 1.97. The van der Waals surface area contributed by atoms with Crippen molar-refractivity contribution in [1.82, 2.24) is 4.57 Å². The number of ether oxygens (including phenoxy) is 2. The van der Waals surface area contributed by atoms with Gasteiger partial charge in [-0.15, -0.1) is 0 Å². The van der Waals surface area contributed by atoms with Crippen molar-refractivity contribution in [2.75, 3.05) is 13.7 Å². The van der Waals surface area contributed by atoms with Crippen LogP contribution in [0.5, 0.6) is 5.75 Å². The number of ketones is 1. The molecule has 7 nitrogen and oxygen atoms in total. The maximum absolute atomic E-state index is 12.4. The number of hydrogen-bond donors (Lipinski definition) is 1. The van der Waals surface area contributed by atoms with Gasteiger partial charge in [-0.25, -0.2) is 4.79 Å². The monoisotopic (exact) mass is 373 g/mol. The van der Waals surface area contributed by atoms with Gasteiger partial charge in [-0.1, -0.05) is 0 Å². The van der Waals surface area contributed by atoms with Crippen LogP contribution in [0.25, 0.3) is 0 Å². The topological polar surface area (TPSA) is 94.8 Å². The lowest BCUT2D eigenvalue weighted by molar-refractivity contribution is -0.140. The van der Waals surface area contributed by atoms with Gasteiger partial charge in [-0.2, -0.15) is 0 Å². The van der Waals surface area contributed by atoms with Crippen LogP contribution in [-0.4, -0.2) is 41.1 Å². The van der Waals surface area contributed by atoms with Crippen LogP contribution in [0.1, 0.15) is 44.9 Å². The molecular weight excluding hydrogens is 350 g/mol. The number of phenols is 1. The van der Waals surface area contributed by atoms with Gasteiger partial charge in [0.1, 0.15) is 5.75 Å². The quantitative estimate of drug-likeness (QED) is 0.565. The lowest BCUT2D eigenvalue weighted by Crippen LogP contribution is -2.15. The molecule has 0 bridgehead atoms. The van der Waals surface area contributed by atoms with Crippen LogP contribution in [-0.2, 0) is 20.8 Å². The molecule has 0 amide bonds. The van der Waals surface area contributed by atoms with Crippen LogP contribution in [0.4, 0.5) is 0 Å². The van der Waals surface area contributed by atoms with Crippen LogP contribution in [0, 0.1) is 13.8 Å². The number of benzene rings is 1. The molecule has 1 aromatic carbocycles. The van der Waals surface area contributed by atoms with Crippen LogP contribution < -0.4 is 0 Å². The number of nitrogens with zero attached hydrogens (tertiary/aromatic N) is 1. The Labute approximate surface area is 157 Å². The molecule has 0 atom stereocenters. The molecule has 7 heteroatoms. The van der Waals surface area contributed by atoms with Crippen molar-refractivity contribution in [1.29, 1.82) is 0 Å². The van der Waals surface area contributed by atoms with Gasteiger partial charge in [0.15, 0.2) is 6.61 Å². The summed E-state index contributed by atoms with van der Waals surface area (Å²) in [7, 11) is 1.35. The molecule has 144 valence electrons. The maximum Gasteiger partial charge on any atom is 0.338 e. The maximum atomic E-state index is 12.4. The predicted molar refractivity (Wildman–Crippen MR) is 97.9 cm³/mol. The van der Waals surface area contributed by atoms with Crippen LogP contribution in [0.15, 0.2) is 30.3 Å². The summed E-state index contributed by atoms with van der Waals surface area (Å²) in [4.78, 5) is 35.6. The lowest BCUT2D eigenvalue weighted by atomic mass is 10.1. The van der Waals surface area contributed by atoms with E-state index < -0.39 is 5.97 Å². The number of esters is 2. The van der Waals surface area contributed by atoms with E-state index in [1.807, 2.05) is 18.4 Å². The van der Waals surface area contributed by atoms with E-state index >= 15 is 0 Å². The highest BCUT2D eigenvalue weighted by atomic mass is 16.5. The minimum absolute atomic E-state index is 0.0438. The van der Waals surface area contributed by atoms with Crippen LogP contribution in [0.3, 0.4) is 0 Å². The average Bonchev–Trinajstić information content (AvgIpc) is 2.94. The molecule has 1 heterocycles. The zero-order valence-electron chi connectivity index (χ0n) is 15.7. The van der Waals surface area contributed by atoms with Crippen molar-refractivity contribution in [2.24, 2.45) is 0 Å². The number of phenolic OH excluding ortho intramolecular Hbond substituents is 1. The Bertz CT molecular complexity index is 835. The predicted octanol–water partition coefficient (Wildman–Crippen LogP) is 2.80. The summed E-state index contributed by atoms with van der Waals surface area (Å²) < 4.78 is 11.7. The summed E-state index contributed by atoms with van der Waals surface area (Å²) in [5.41, 5.74) is 2.41. The van der Waals surface area contributed by atoms with Gasteiger partial charge in [0.05, 0.1) is 12.7 Å². The molecule has 27 heavy (non-hydrogen) atoms. The Kier molecular flexibility index (Phi) is 6.76. The van der Waals surface area contributed by atoms with Gasteiger partial charge in [-0.3, -0.25) is 9.59 Å². The molecule has 0 spiro atoms. The number of carbonyl (C=O) groups excluding carboxylic acids is 3. The molecule has 0 radical (unpaired) electrons. The molecule has 0 saturated carbocycles. The first-order valence-electron chi connectivity index (χ1n) is 8.56. The zero-order valence-corrected chi connectivity index (χ0v) is 15.7. The van der Waals surface area contributed by atoms with Gasteiger partial charge < -0.3 is 19.1 Å². The number of aromatic hydroxyl groups is 1. The molecule has 2 aromatic rings. The lowest BCUT2D eigenvalue weighted by Gasteiger charge is -2.09. The fourth-order valence-corrected chi connectivity index (χ4v) is 2.80. The number of Topliss-reactive ketones (excluding diaryl/α,β-unsaturated/α-hetero) is 1. The van der Waals surface area contributed by atoms with E-state index in [0.29, 0.717) is 24.9 Å². The van der Waals surface area contributed by atoms with Crippen molar-refractivity contribution in [3.05, 3.63) is 52.8 Å². The summed E-state index contributed by atoms with van der Waals surface area (Å²) in [5.74, 6) is -1.15. The van der Waals surface area contributed by atoms with E-state index in [0.717, 1.165) is 11.4 Å². The molecule has 2 rings (SSSR count). The second-order valence-electron chi connectivity index (χ2n) is 6.16. The van der Waals surface area contributed by atoms with E-state index in [4.69, 9.17) is 4.74 Å². The standard InChI is InChI=1S/C20H23NO6/c1-13-11-17(14(2)21(13)10-4-5-19(24)26-3)18(23)12-27-20(25)15-6-8-16(22)9-7-15/h6-9,11,22H,4-5,10,12H2,1-3H3. The summed E-state index contributed by atoms with van der Waals surface area (Å²) in [6.45, 7) is 3.92. The SMILES string of the molecule is COC(=O)CCCn1c(C)cc(C(=O)COC(=O)c2ccc(O)cc2)c1C. The van der Waals surface area contributed by atoms with Crippen LogP contribution in [0.2, 0.25) is 0 Å². The molecule has 0 aliphatic rings. The van der Waals surface area contributed by atoms with Gasteiger partial charge in [0.2, 0.25) is 5.78 Å². The minimum atomic E-state index is -0.629. The number of hydrogen-bond acceptors (Lipinski definition) is 6. The first kappa shape index (κ1) is 20.2. The molecule has 1 aromatic heterocycles. The number of aryl methyl sites for hydroxylation is 1. The van der Waals surface area contributed by atoms with Gasteiger partial charge >= 0.3 is 11.9 Å². The molecule has 0 aliphatic heterocycles. The molecule has 0 aliphatic carbocycles. The molecule has 0 unspecified atom stereocenters. The third-order valence-electron chi connectivity index (χ3n) is 4.30. The summed E-state index contributed by atoms with van der Waals surface area (Å²) >= 11 is 0. The van der Waals surface area contributed by atoms with Crippen molar-refractivity contribution < 1.29 is 29.0 Å². The largest absolute Gasteiger partial charge is 0.508 e. The van der Waals surface area contributed by atoms with Gasteiger partial charge in [0, 0.05) is 29.9 Å². The highest BCUT2D eigenvalue weighted by Gasteiger charge is 2.18. The van der Waals surface area contributed by atoms with E-state index in [1.165, 1.54) is 31.4 Å². The number of carbonyl (C=O) groups is 3. The highest BCUT2D eigenvalue weighted by Crippen LogP contribution is 2.17. The van der Waals surface area contributed by atoms with E-state index in [1.54, 1.807) is 6.07 Å². The number of rotatable bonds is 8. The second-order valence-corrected chi connectivity index (χ2v) is 6.16. The van der Waals surface area contributed by atoms with Crippen LogP contribution >= 0.6 is 0 Å². The third kappa shape index (κ3) is 5.20. The molecule has 1 N–H and O–H groups in total. The van der Waals surface area contributed by atoms with E-state index in [2.05, 4.69) is 4.74 Å². The summed E-state index contributed by atoms with van der Waals surface area (Å²) in [5, 5.41) is 9.24. The molecule has 0 fully saturated rings. The number of methoxy groups -OCH3 is 1. The van der Waals surface area contributed by atoms with E-state index in [9.17, 15) is 19.5 Å². The first-order valence-corrected chi connectivity index (χ1v) is 8.56. The van der Waals surface area contributed by atoms with Crippen molar-refractivity contribution in [2.45, 2.75) is 33.2 Å². The van der Waals surface area contributed by atoms with Gasteiger partial charge in [-0.05, 0) is 50.6 Å². The van der Waals surface area contributed by atoms with Gasteiger partial charge in [0.25, 0.3) is 0 Å². The molecule has 0 saturated heterocycles. The molecular formula is C20H23NO6. The Morgan fingerprint density at radius 1 is 1.11 bits per heavy atom. The van der Waals surface area contributed by atoms with E-state index in [-0.39, 0.29) is 29.7 Å². The Morgan fingerprint density at radius 3 is 2.41 bits per heavy atom. The van der Waals surface area contributed by atoms with Crippen molar-refractivity contribution in [3.8, 4) is 5.75 Å². The summed E-state index contributed by atoms with van der Waals surface area (Å²) in [6, 6.07) is 7.36. The third-order valence-corrected chi connectivity index (χ3v) is 4.30. The Hall–Kier alpha value is -3.09. The fourth-order valence-electron chi connectivity index (χ4n) is 2.80.